The highest BCUT2D eigenvalue weighted by atomic mass is 35.5. The molecule has 0 atom stereocenters. The summed E-state index contributed by atoms with van der Waals surface area (Å²) in [4.78, 5) is 32.3. The summed E-state index contributed by atoms with van der Waals surface area (Å²) in [7, 11) is -2.00. The number of sulfone groups is 1. The van der Waals surface area contributed by atoms with Crippen LogP contribution in [-0.4, -0.2) is 53.3 Å². The number of carbonyl (C=O) groups excluding carboxylic acids is 2. The van der Waals surface area contributed by atoms with Crippen LogP contribution in [0.15, 0.2) is 47.8 Å². The topological polar surface area (TPSA) is 136 Å². The van der Waals surface area contributed by atoms with Gasteiger partial charge < -0.3 is 10.6 Å². The smallest absolute Gasteiger partial charge is 0.252 e. The van der Waals surface area contributed by atoms with E-state index in [1.54, 1.807) is 12.1 Å². The molecule has 12 heteroatoms. The van der Waals surface area contributed by atoms with E-state index in [0.29, 0.717) is 17.2 Å². The highest BCUT2D eigenvalue weighted by molar-refractivity contribution is 7.90. The number of pyridine rings is 1. The van der Waals surface area contributed by atoms with Crippen molar-refractivity contribution in [2.45, 2.75) is 11.4 Å². The van der Waals surface area contributed by atoms with Crippen LogP contribution in [0.25, 0.3) is 5.82 Å². The van der Waals surface area contributed by atoms with Crippen LogP contribution in [0.3, 0.4) is 0 Å². The second kappa shape index (κ2) is 8.59. The number of carbonyl (C=O) groups is 2. The first-order valence-corrected chi connectivity index (χ1v) is 10.8. The Bertz CT molecular complexity index is 1210. The minimum absolute atomic E-state index is 0.00156. The van der Waals surface area contributed by atoms with E-state index >= 15 is 0 Å². The van der Waals surface area contributed by atoms with Gasteiger partial charge in [-0.05, 0) is 30.3 Å². The third-order valence-corrected chi connectivity index (χ3v) is 5.35. The van der Waals surface area contributed by atoms with Gasteiger partial charge in [0, 0.05) is 30.1 Å². The molecule has 30 heavy (non-hydrogen) atoms. The molecule has 0 unspecified atom stereocenters. The van der Waals surface area contributed by atoms with Crippen LogP contribution >= 0.6 is 11.6 Å². The van der Waals surface area contributed by atoms with E-state index < -0.39 is 15.7 Å². The zero-order valence-corrected chi connectivity index (χ0v) is 17.5. The molecular weight excluding hydrogens is 432 g/mol. The van der Waals surface area contributed by atoms with E-state index in [9.17, 15) is 18.0 Å². The Morgan fingerprint density at radius 2 is 1.87 bits per heavy atom. The van der Waals surface area contributed by atoms with Crippen LogP contribution in [0.1, 0.15) is 26.5 Å². The highest BCUT2D eigenvalue weighted by Crippen LogP contribution is 2.19. The molecule has 0 saturated heterocycles. The largest absolute Gasteiger partial charge is 0.355 e. The van der Waals surface area contributed by atoms with E-state index in [-0.39, 0.29) is 27.9 Å². The maximum Gasteiger partial charge on any atom is 0.252 e. The Morgan fingerprint density at radius 3 is 2.50 bits per heavy atom. The zero-order valence-electron chi connectivity index (χ0n) is 16.0. The molecule has 156 valence electrons. The molecule has 1 aromatic carbocycles. The molecule has 0 fully saturated rings. The molecular formula is C18H17ClN6O4S. The molecule has 0 aliphatic rings. The summed E-state index contributed by atoms with van der Waals surface area (Å²) in [5.74, 6) is -0.00425. The number of hydrogen-bond donors (Lipinski definition) is 2. The van der Waals surface area contributed by atoms with Crippen molar-refractivity contribution in [3.8, 4) is 5.82 Å². The van der Waals surface area contributed by atoms with E-state index in [4.69, 9.17) is 11.6 Å². The molecule has 2 amide bonds. The number of amides is 2. The summed E-state index contributed by atoms with van der Waals surface area (Å²) in [5.41, 5.74) is 0.487. The monoisotopic (exact) mass is 448 g/mol. The van der Waals surface area contributed by atoms with Crippen molar-refractivity contribution in [2.75, 3.05) is 13.3 Å². The van der Waals surface area contributed by atoms with Crippen molar-refractivity contribution in [2.24, 2.45) is 0 Å². The molecule has 0 aliphatic carbocycles. The maximum absolute atomic E-state index is 12.5. The second-order valence-corrected chi connectivity index (χ2v) is 8.65. The van der Waals surface area contributed by atoms with Gasteiger partial charge in [-0.3, -0.25) is 9.59 Å². The van der Waals surface area contributed by atoms with Crippen LogP contribution in [0.4, 0.5) is 0 Å². The van der Waals surface area contributed by atoms with Crippen LogP contribution < -0.4 is 10.6 Å². The summed E-state index contributed by atoms with van der Waals surface area (Å²) in [5, 5.41) is 9.37. The second-order valence-electron chi connectivity index (χ2n) is 6.20. The first-order valence-electron chi connectivity index (χ1n) is 8.55. The van der Waals surface area contributed by atoms with Crippen molar-refractivity contribution in [3.63, 3.8) is 0 Å². The molecule has 0 aliphatic heterocycles. The average molecular weight is 449 g/mol. The van der Waals surface area contributed by atoms with Crippen LogP contribution in [0, 0.1) is 0 Å². The van der Waals surface area contributed by atoms with Gasteiger partial charge in [0.25, 0.3) is 11.8 Å². The lowest BCUT2D eigenvalue weighted by Crippen LogP contribution is -2.25. The predicted molar refractivity (Wildman–Crippen MR) is 108 cm³/mol. The summed E-state index contributed by atoms with van der Waals surface area (Å²) in [6.45, 7) is -0.00156. The van der Waals surface area contributed by atoms with E-state index in [2.05, 4.69) is 25.7 Å². The fourth-order valence-corrected chi connectivity index (χ4v) is 3.52. The van der Waals surface area contributed by atoms with Gasteiger partial charge in [-0.25, -0.2) is 18.4 Å². The van der Waals surface area contributed by atoms with Crippen molar-refractivity contribution in [1.82, 2.24) is 30.4 Å². The number of benzene rings is 1. The minimum Gasteiger partial charge on any atom is -0.355 e. The molecule has 0 bridgehead atoms. The Kier molecular flexibility index (Phi) is 6.13. The lowest BCUT2D eigenvalue weighted by molar-refractivity contribution is 0.0945. The average Bonchev–Trinajstić information content (AvgIpc) is 3.19. The normalized spacial score (nSPS) is 11.2. The van der Waals surface area contributed by atoms with Gasteiger partial charge in [0.15, 0.2) is 21.5 Å². The molecule has 0 spiro atoms. The van der Waals surface area contributed by atoms with E-state index in [0.717, 1.165) is 6.26 Å². The van der Waals surface area contributed by atoms with Gasteiger partial charge in [-0.2, -0.15) is 9.78 Å². The molecule has 0 saturated carbocycles. The standard InChI is InChI=1S/C18H17ClN6O4S/c1-20-17(26)11-3-4-15(21-8-11)25-16(23-10-24-25)9-22-18(27)12-5-13(19)7-14(6-12)30(2,28)29/h3-8,10H,9H2,1-2H3,(H,20,26)(H,22,27). The summed E-state index contributed by atoms with van der Waals surface area (Å²) < 4.78 is 24.9. The summed E-state index contributed by atoms with van der Waals surface area (Å²) in [6.07, 6.45) is 3.74. The molecule has 10 nitrogen and oxygen atoms in total. The molecule has 3 rings (SSSR count). The third kappa shape index (κ3) is 4.81. The molecule has 2 N–H and O–H groups in total. The fourth-order valence-electron chi connectivity index (χ4n) is 2.54. The number of nitrogens with one attached hydrogen (secondary N) is 2. The first kappa shape index (κ1) is 21.4. The lowest BCUT2D eigenvalue weighted by Gasteiger charge is -2.09. The lowest BCUT2D eigenvalue weighted by atomic mass is 10.2. The Balaban J connectivity index is 1.77. The van der Waals surface area contributed by atoms with Crippen molar-refractivity contribution >= 4 is 33.3 Å². The van der Waals surface area contributed by atoms with E-state index in [1.807, 2.05) is 0 Å². The summed E-state index contributed by atoms with van der Waals surface area (Å²) >= 11 is 5.94. The number of halogens is 1. The van der Waals surface area contributed by atoms with Crippen molar-refractivity contribution in [3.05, 3.63) is 64.8 Å². The van der Waals surface area contributed by atoms with Gasteiger partial charge in [0.05, 0.1) is 17.0 Å². The van der Waals surface area contributed by atoms with Gasteiger partial charge in [0.2, 0.25) is 0 Å². The van der Waals surface area contributed by atoms with Crippen LogP contribution in [0.2, 0.25) is 5.02 Å². The number of hydrogen-bond acceptors (Lipinski definition) is 7. The van der Waals surface area contributed by atoms with Gasteiger partial charge in [0.1, 0.15) is 6.33 Å². The van der Waals surface area contributed by atoms with Crippen LogP contribution in [-0.2, 0) is 16.4 Å². The molecule has 2 heterocycles. The quantitative estimate of drug-likeness (QED) is 0.574. The first-order chi connectivity index (χ1) is 14.2. The Morgan fingerprint density at radius 1 is 1.10 bits per heavy atom. The predicted octanol–water partition coefficient (Wildman–Crippen LogP) is 1.01. The number of rotatable bonds is 6. The molecule has 2 aromatic heterocycles. The van der Waals surface area contributed by atoms with Gasteiger partial charge >= 0.3 is 0 Å². The third-order valence-electron chi connectivity index (χ3n) is 4.04. The van der Waals surface area contributed by atoms with Crippen molar-refractivity contribution < 1.29 is 18.0 Å². The van der Waals surface area contributed by atoms with Crippen LogP contribution in [0.5, 0.6) is 0 Å². The van der Waals surface area contributed by atoms with Crippen molar-refractivity contribution in [1.29, 1.82) is 0 Å². The summed E-state index contributed by atoms with van der Waals surface area (Å²) in [6, 6.07) is 7.08. The number of nitrogens with zero attached hydrogens (tertiary/aromatic N) is 4. The minimum atomic E-state index is -3.52. The molecule has 0 radical (unpaired) electrons. The fraction of sp³-hybridized carbons (Fsp3) is 0.167. The molecule has 3 aromatic rings. The SMILES string of the molecule is CNC(=O)c1ccc(-n2ncnc2CNC(=O)c2cc(Cl)cc(S(C)(=O)=O)c2)nc1. The maximum atomic E-state index is 12.5. The number of aromatic nitrogens is 4. The van der Waals surface area contributed by atoms with Gasteiger partial charge in [-0.1, -0.05) is 11.6 Å². The Hall–Kier alpha value is -3.31. The van der Waals surface area contributed by atoms with Gasteiger partial charge in [-0.15, -0.1) is 0 Å². The zero-order chi connectivity index (χ0) is 21.9. The van der Waals surface area contributed by atoms with E-state index in [1.165, 1.54) is 42.5 Å². The highest BCUT2D eigenvalue weighted by Gasteiger charge is 2.15. The Labute approximate surface area is 177 Å².